The van der Waals surface area contributed by atoms with Gasteiger partial charge in [0, 0.05) is 37.6 Å². The number of fused-ring (bicyclic) bond motifs is 6. The average Bonchev–Trinajstić information content (AvgIpc) is 3.07. The van der Waals surface area contributed by atoms with Crippen molar-refractivity contribution in [1.82, 2.24) is 4.98 Å². The van der Waals surface area contributed by atoms with E-state index >= 15 is 4.57 Å². The number of nitrogens with zero attached hydrogens (tertiary/aromatic N) is 1. The van der Waals surface area contributed by atoms with Crippen molar-refractivity contribution in [2.24, 2.45) is 0 Å². The zero-order valence-corrected chi connectivity index (χ0v) is 23.7. The molecule has 0 bridgehead atoms. The van der Waals surface area contributed by atoms with Crippen LogP contribution < -0.4 is 15.9 Å². The molecule has 1 heterocycles. The van der Waals surface area contributed by atoms with Crippen molar-refractivity contribution < 1.29 is 4.57 Å². The third-order valence-electron chi connectivity index (χ3n) is 8.30. The first kappa shape index (κ1) is 24.7. The van der Waals surface area contributed by atoms with Crippen molar-refractivity contribution in [3.63, 3.8) is 0 Å². The SMILES string of the molecule is O=P(c1ccccc1)(c1ccccc1)c1cccc2c1ccc1c(-c3ccc4ccccc4c3)nc3ccccc3c12. The molecule has 0 atom stereocenters. The first-order valence-corrected chi connectivity index (χ1v) is 15.9. The summed E-state index contributed by atoms with van der Waals surface area (Å²) in [6.07, 6.45) is 0. The molecule has 0 N–H and O–H groups in total. The molecule has 7 aromatic carbocycles. The lowest BCUT2D eigenvalue weighted by atomic mass is 9.94. The van der Waals surface area contributed by atoms with Gasteiger partial charge in [0.05, 0.1) is 11.2 Å². The van der Waals surface area contributed by atoms with Gasteiger partial charge in [-0.3, -0.25) is 0 Å². The standard InChI is InChI=1S/C39H26NOP/c41-42(30-14-3-1-4-15-30,31-16-5-2-6-17-31)37-21-11-19-33-32(37)24-25-35-38(33)34-18-9-10-20-36(34)40-39(35)29-23-22-27-12-7-8-13-28(27)26-29/h1-26H. The summed E-state index contributed by atoms with van der Waals surface area (Å²) < 4.78 is 15.4. The Labute approximate surface area is 244 Å². The Bertz CT molecular complexity index is 2280. The highest BCUT2D eigenvalue weighted by molar-refractivity contribution is 7.85. The van der Waals surface area contributed by atoms with Gasteiger partial charge in [0.15, 0.2) is 7.14 Å². The Kier molecular flexibility index (Phi) is 5.77. The van der Waals surface area contributed by atoms with Crippen LogP contribution in [-0.4, -0.2) is 4.98 Å². The number of hydrogen-bond donors (Lipinski definition) is 0. The van der Waals surface area contributed by atoms with E-state index in [1.165, 1.54) is 10.8 Å². The highest BCUT2D eigenvalue weighted by Crippen LogP contribution is 2.46. The summed E-state index contributed by atoms with van der Waals surface area (Å²) in [4.78, 5) is 5.20. The summed E-state index contributed by atoms with van der Waals surface area (Å²) in [6.45, 7) is 0. The van der Waals surface area contributed by atoms with Crippen LogP contribution in [-0.2, 0) is 4.57 Å². The number of rotatable bonds is 4. The van der Waals surface area contributed by atoms with Crippen molar-refractivity contribution >= 4 is 66.3 Å². The van der Waals surface area contributed by atoms with Gasteiger partial charge in [-0.15, -0.1) is 0 Å². The Morgan fingerprint density at radius 2 is 1.07 bits per heavy atom. The van der Waals surface area contributed by atoms with Crippen molar-refractivity contribution in [2.75, 3.05) is 0 Å². The summed E-state index contributed by atoms with van der Waals surface area (Å²) >= 11 is 0. The van der Waals surface area contributed by atoms with Gasteiger partial charge >= 0.3 is 0 Å². The Balaban J connectivity index is 1.48. The van der Waals surface area contributed by atoms with Gasteiger partial charge in [-0.25, -0.2) is 4.98 Å². The normalized spacial score (nSPS) is 11.9. The molecule has 0 fully saturated rings. The molecule has 1 aromatic heterocycles. The number of pyridine rings is 1. The molecule has 0 saturated carbocycles. The van der Waals surface area contributed by atoms with Gasteiger partial charge in [0.2, 0.25) is 0 Å². The zero-order chi connectivity index (χ0) is 28.1. The van der Waals surface area contributed by atoms with E-state index in [1.54, 1.807) is 0 Å². The number of hydrogen-bond acceptors (Lipinski definition) is 2. The topological polar surface area (TPSA) is 30.0 Å². The van der Waals surface area contributed by atoms with Gasteiger partial charge in [0.25, 0.3) is 0 Å². The van der Waals surface area contributed by atoms with Crippen LogP contribution in [0.15, 0.2) is 158 Å². The second-order valence-corrected chi connectivity index (χ2v) is 13.4. The predicted molar refractivity (Wildman–Crippen MR) is 179 cm³/mol. The predicted octanol–water partition coefficient (Wildman–Crippen LogP) is 9.00. The summed E-state index contributed by atoms with van der Waals surface area (Å²) in [5, 5.41) is 10.3. The lowest BCUT2D eigenvalue weighted by Crippen LogP contribution is -2.25. The molecule has 3 heteroatoms. The highest BCUT2D eigenvalue weighted by atomic mass is 31.2. The minimum Gasteiger partial charge on any atom is -0.309 e. The maximum atomic E-state index is 15.4. The van der Waals surface area contributed by atoms with Crippen LogP contribution in [0.4, 0.5) is 0 Å². The summed E-state index contributed by atoms with van der Waals surface area (Å²) in [6, 6.07) is 53.7. The van der Waals surface area contributed by atoms with Gasteiger partial charge in [-0.1, -0.05) is 146 Å². The second kappa shape index (κ2) is 9.80. The maximum absolute atomic E-state index is 15.4. The first-order valence-electron chi connectivity index (χ1n) is 14.2. The van der Waals surface area contributed by atoms with Crippen molar-refractivity contribution in [3.8, 4) is 11.3 Å². The molecular weight excluding hydrogens is 529 g/mol. The van der Waals surface area contributed by atoms with Gasteiger partial charge in [-0.2, -0.15) is 0 Å². The molecule has 8 rings (SSSR count). The molecule has 0 unspecified atom stereocenters. The molecule has 0 amide bonds. The van der Waals surface area contributed by atoms with Crippen LogP contribution in [0.3, 0.4) is 0 Å². The molecule has 0 aliphatic heterocycles. The van der Waals surface area contributed by atoms with Crippen LogP contribution in [0.5, 0.6) is 0 Å². The van der Waals surface area contributed by atoms with E-state index in [0.29, 0.717) is 0 Å². The van der Waals surface area contributed by atoms with E-state index < -0.39 is 7.14 Å². The fourth-order valence-electron chi connectivity index (χ4n) is 6.33. The molecule has 8 aromatic rings. The van der Waals surface area contributed by atoms with Crippen molar-refractivity contribution in [1.29, 1.82) is 0 Å². The number of aromatic nitrogens is 1. The molecule has 0 saturated heterocycles. The number of para-hydroxylation sites is 1. The van der Waals surface area contributed by atoms with E-state index in [0.717, 1.165) is 59.6 Å². The lowest BCUT2D eigenvalue weighted by molar-refractivity contribution is 0.592. The average molecular weight is 556 g/mol. The first-order chi connectivity index (χ1) is 20.7. The fourth-order valence-corrected chi connectivity index (χ4v) is 9.20. The number of benzene rings is 7. The van der Waals surface area contributed by atoms with E-state index in [2.05, 4.69) is 84.9 Å². The third-order valence-corrected chi connectivity index (χ3v) is 11.4. The quantitative estimate of drug-likeness (QED) is 0.160. The summed E-state index contributed by atoms with van der Waals surface area (Å²) in [5.41, 5.74) is 2.98. The largest absolute Gasteiger partial charge is 0.309 e. The monoisotopic (exact) mass is 555 g/mol. The summed E-state index contributed by atoms with van der Waals surface area (Å²) in [5.74, 6) is 0. The van der Waals surface area contributed by atoms with Crippen molar-refractivity contribution in [3.05, 3.63) is 158 Å². The van der Waals surface area contributed by atoms with Crippen LogP contribution >= 0.6 is 7.14 Å². The third kappa shape index (κ3) is 3.80. The molecule has 42 heavy (non-hydrogen) atoms. The Morgan fingerprint density at radius 1 is 0.452 bits per heavy atom. The molecule has 0 aliphatic carbocycles. The van der Waals surface area contributed by atoms with Gasteiger partial charge in [0.1, 0.15) is 0 Å². The second-order valence-electron chi connectivity index (χ2n) is 10.7. The van der Waals surface area contributed by atoms with Crippen LogP contribution in [0.25, 0.3) is 54.5 Å². The minimum atomic E-state index is -3.17. The molecular formula is C39H26NOP. The molecule has 0 aliphatic rings. The van der Waals surface area contributed by atoms with Crippen LogP contribution in [0, 0.1) is 0 Å². The fraction of sp³-hybridized carbons (Fsp3) is 0. The molecule has 2 nitrogen and oxygen atoms in total. The van der Waals surface area contributed by atoms with E-state index in [4.69, 9.17) is 4.98 Å². The van der Waals surface area contributed by atoms with Crippen molar-refractivity contribution in [2.45, 2.75) is 0 Å². The Morgan fingerprint density at radius 3 is 1.83 bits per heavy atom. The lowest BCUT2D eigenvalue weighted by Gasteiger charge is -2.22. The highest BCUT2D eigenvalue weighted by Gasteiger charge is 2.31. The molecule has 198 valence electrons. The van der Waals surface area contributed by atoms with E-state index in [9.17, 15) is 0 Å². The summed E-state index contributed by atoms with van der Waals surface area (Å²) in [7, 11) is -3.17. The van der Waals surface area contributed by atoms with Gasteiger partial charge in [-0.05, 0) is 33.7 Å². The molecule has 0 radical (unpaired) electrons. The smallest absolute Gasteiger partial charge is 0.171 e. The van der Waals surface area contributed by atoms with E-state index in [1.807, 2.05) is 72.8 Å². The van der Waals surface area contributed by atoms with E-state index in [-0.39, 0.29) is 0 Å². The van der Waals surface area contributed by atoms with Crippen LogP contribution in [0.1, 0.15) is 0 Å². The maximum Gasteiger partial charge on any atom is 0.171 e. The minimum absolute atomic E-state index is 0.834. The van der Waals surface area contributed by atoms with Crippen LogP contribution in [0.2, 0.25) is 0 Å². The van der Waals surface area contributed by atoms with Gasteiger partial charge < -0.3 is 4.57 Å². The molecule has 0 spiro atoms. The zero-order valence-electron chi connectivity index (χ0n) is 22.8. The Hall–Kier alpha value is -5.04.